The number of rotatable bonds is 3. The number of hydrogen-bond donors (Lipinski definition) is 0. The van der Waals surface area contributed by atoms with Crippen LogP contribution < -0.4 is 5.19 Å². The Hall–Kier alpha value is -0.823. The van der Waals surface area contributed by atoms with Gasteiger partial charge in [0.1, 0.15) is 0 Å². The third kappa shape index (κ3) is 2.35. The zero-order valence-corrected chi connectivity index (χ0v) is 10.6. The molecule has 0 aliphatic carbocycles. The van der Waals surface area contributed by atoms with Crippen molar-refractivity contribution in [3.63, 3.8) is 0 Å². The normalized spacial score (nSPS) is 14.6. The first-order valence-corrected chi connectivity index (χ1v) is 8.35. The van der Waals surface area contributed by atoms with E-state index in [1.807, 2.05) is 0 Å². The van der Waals surface area contributed by atoms with Gasteiger partial charge in [-0.2, -0.15) is 0 Å². The van der Waals surface area contributed by atoms with Gasteiger partial charge >= 0.3 is 0 Å². The Kier molecular flexibility index (Phi) is 3.70. The monoisotopic (exact) mass is 204 g/mol. The summed E-state index contributed by atoms with van der Waals surface area (Å²) in [4.78, 5) is 0. The summed E-state index contributed by atoms with van der Waals surface area (Å²) < 4.78 is 0. The van der Waals surface area contributed by atoms with Gasteiger partial charge in [-0.05, 0) is 12.5 Å². The largest absolute Gasteiger partial charge is 0.0917 e. The SMILES string of the molecule is C/C=C\C(C)[Si](C)(C)c1ccccc1. The summed E-state index contributed by atoms with van der Waals surface area (Å²) in [5.41, 5.74) is 0.704. The maximum atomic E-state index is 2.44. The minimum Gasteiger partial charge on any atom is -0.0917 e. The predicted molar refractivity (Wildman–Crippen MR) is 67.8 cm³/mol. The van der Waals surface area contributed by atoms with E-state index in [9.17, 15) is 0 Å². The molecular weight excluding hydrogens is 184 g/mol. The lowest BCUT2D eigenvalue weighted by atomic mass is 10.4. The molecule has 0 heterocycles. The second-order valence-corrected chi connectivity index (χ2v) is 9.33. The molecule has 1 aromatic rings. The lowest BCUT2D eigenvalue weighted by Gasteiger charge is -2.28. The van der Waals surface area contributed by atoms with E-state index in [-0.39, 0.29) is 0 Å². The van der Waals surface area contributed by atoms with Crippen LogP contribution in [0.15, 0.2) is 42.5 Å². The molecule has 0 spiro atoms. The highest BCUT2D eigenvalue weighted by Gasteiger charge is 2.28. The van der Waals surface area contributed by atoms with Gasteiger partial charge in [-0.1, -0.05) is 67.7 Å². The van der Waals surface area contributed by atoms with Gasteiger partial charge in [0.15, 0.2) is 0 Å². The first kappa shape index (κ1) is 11.3. The van der Waals surface area contributed by atoms with Crippen molar-refractivity contribution in [2.45, 2.75) is 32.5 Å². The minimum absolute atomic E-state index is 0.704. The molecule has 1 aromatic carbocycles. The van der Waals surface area contributed by atoms with Crippen molar-refractivity contribution in [1.82, 2.24) is 0 Å². The van der Waals surface area contributed by atoms with Gasteiger partial charge in [0, 0.05) is 0 Å². The quantitative estimate of drug-likeness (QED) is 0.521. The van der Waals surface area contributed by atoms with E-state index in [0.29, 0.717) is 5.54 Å². The molecule has 0 bridgehead atoms. The van der Waals surface area contributed by atoms with Crippen molar-refractivity contribution >= 4 is 13.3 Å². The summed E-state index contributed by atoms with van der Waals surface area (Å²) in [5, 5.41) is 1.55. The summed E-state index contributed by atoms with van der Waals surface area (Å²) in [5.74, 6) is 0. The molecule has 1 atom stereocenters. The summed E-state index contributed by atoms with van der Waals surface area (Å²) in [6.07, 6.45) is 4.50. The highest BCUT2D eigenvalue weighted by molar-refractivity contribution is 6.91. The molecule has 0 aliphatic rings. The number of allylic oxidation sites excluding steroid dienone is 2. The molecule has 0 N–H and O–H groups in total. The van der Waals surface area contributed by atoms with Crippen molar-refractivity contribution in [2.24, 2.45) is 0 Å². The smallest absolute Gasteiger partial charge is 0.0871 e. The standard InChI is InChI=1S/C13H20Si/c1-5-9-12(2)14(3,4)13-10-7-6-8-11-13/h5-12H,1-4H3/b9-5-. The van der Waals surface area contributed by atoms with E-state index >= 15 is 0 Å². The van der Waals surface area contributed by atoms with Crippen molar-refractivity contribution in [3.05, 3.63) is 42.5 Å². The van der Waals surface area contributed by atoms with Gasteiger partial charge in [0.2, 0.25) is 0 Å². The lowest BCUT2D eigenvalue weighted by Crippen LogP contribution is -2.44. The van der Waals surface area contributed by atoms with Crippen molar-refractivity contribution in [1.29, 1.82) is 0 Å². The Balaban J connectivity index is 2.95. The first-order valence-electron chi connectivity index (χ1n) is 5.27. The molecule has 0 nitrogen and oxygen atoms in total. The van der Waals surface area contributed by atoms with Crippen LogP contribution in [0.25, 0.3) is 0 Å². The van der Waals surface area contributed by atoms with Crippen molar-refractivity contribution < 1.29 is 0 Å². The van der Waals surface area contributed by atoms with Gasteiger partial charge < -0.3 is 0 Å². The topological polar surface area (TPSA) is 0 Å². The molecule has 1 rings (SSSR count). The molecular formula is C13H20Si. The van der Waals surface area contributed by atoms with Gasteiger partial charge in [-0.25, -0.2) is 0 Å². The fraction of sp³-hybridized carbons (Fsp3) is 0.385. The third-order valence-corrected chi connectivity index (χ3v) is 7.43. The van der Waals surface area contributed by atoms with Crippen LogP contribution in [-0.4, -0.2) is 8.07 Å². The maximum absolute atomic E-state index is 2.44. The fourth-order valence-electron chi connectivity index (χ4n) is 1.66. The van der Waals surface area contributed by atoms with E-state index in [0.717, 1.165) is 0 Å². The van der Waals surface area contributed by atoms with Gasteiger partial charge in [0.25, 0.3) is 0 Å². The minimum atomic E-state index is -1.29. The molecule has 0 saturated heterocycles. The Bertz CT molecular complexity index is 298. The van der Waals surface area contributed by atoms with Gasteiger partial charge in [-0.3, -0.25) is 0 Å². The zero-order chi connectivity index (χ0) is 10.6. The Morgan fingerprint density at radius 1 is 1.14 bits per heavy atom. The van der Waals surface area contributed by atoms with E-state index < -0.39 is 8.07 Å². The Labute approximate surface area is 88.7 Å². The molecule has 0 saturated carbocycles. The summed E-state index contributed by atoms with van der Waals surface area (Å²) in [6, 6.07) is 10.9. The van der Waals surface area contributed by atoms with Crippen molar-refractivity contribution in [3.8, 4) is 0 Å². The van der Waals surface area contributed by atoms with Crippen LogP contribution in [0.2, 0.25) is 18.6 Å². The molecule has 1 heteroatoms. The second kappa shape index (κ2) is 4.60. The second-order valence-electron chi connectivity index (χ2n) is 4.40. The van der Waals surface area contributed by atoms with Gasteiger partial charge in [0.05, 0.1) is 8.07 Å². The van der Waals surface area contributed by atoms with E-state index in [1.165, 1.54) is 0 Å². The van der Waals surface area contributed by atoms with E-state index in [2.05, 4.69) is 69.4 Å². The van der Waals surface area contributed by atoms with Crippen LogP contribution in [0.3, 0.4) is 0 Å². The molecule has 0 aliphatic heterocycles. The summed E-state index contributed by atoms with van der Waals surface area (Å²) in [6.45, 7) is 9.31. The average molecular weight is 204 g/mol. The Morgan fingerprint density at radius 3 is 2.21 bits per heavy atom. The molecule has 0 fully saturated rings. The van der Waals surface area contributed by atoms with Crippen LogP contribution in [0, 0.1) is 0 Å². The molecule has 0 aromatic heterocycles. The Morgan fingerprint density at radius 2 is 1.71 bits per heavy atom. The number of benzene rings is 1. The first-order chi connectivity index (χ1) is 6.59. The highest BCUT2D eigenvalue weighted by atomic mass is 28.3. The van der Waals surface area contributed by atoms with Crippen LogP contribution in [-0.2, 0) is 0 Å². The zero-order valence-electron chi connectivity index (χ0n) is 9.62. The molecule has 14 heavy (non-hydrogen) atoms. The van der Waals surface area contributed by atoms with Crippen molar-refractivity contribution in [2.75, 3.05) is 0 Å². The summed E-state index contributed by atoms with van der Waals surface area (Å²) in [7, 11) is -1.29. The van der Waals surface area contributed by atoms with Crippen LogP contribution in [0.4, 0.5) is 0 Å². The van der Waals surface area contributed by atoms with E-state index in [1.54, 1.807) is 5.19 Å². The molecule has 76 valence electrons. The molecule has 0 amide bonds. The average Bonchev–Trinajstić information content (AvgIpc) is 2.19. The lowest BCUT2D eigenvalue weighted by molar-refractivity contribution is 1.13. The predicted octanol–water partition coefficient (Wildman–Crippen LogP) is 3.57. The molecule has 1 unspecified atom stereocenters. The fourth-order valence-corrected chi connectivity index (χ4v) is 3.91. The number of hydrogen-bond acceptors (Lipinski definition) is 0. The third-order valence-electron chi connectivity index (χ3n) is 3.14. The van der Waals surface area contributed by atoms with Crippen LogP contribution in [0.5, 0.6) is 0 Å². The van der Waals surface area contributed by atoms with E-state index in [4.69, 9.17) is 0 Å². The molecule has 0 radical (unpaired) electrons. The van der Waals surface area contributed by atoms with Gasteiger partial charge in [-0.15, -0.1) is 0 Å². The maximum Gasteiger partial charge on any atom is 0.0871 e. The van der Waals surface area contributed by atoms with Crippen LogP contribution in [0.1, 0.15) is 13.8 Å². The highest BCUT2D eigenvalue weighted by Crippen LogP contribution is 2.22. The van der Waals surface area contributed by atoms with Crippen LogP contribution >= 0.6 is 0 Å². The summed E-state index contributed by atoms with van der Waals surface area (Å²) >= 11 is 0.